The Morgan fingerprint density at radius 1 is 1.14 bits per heavy atom. The number of rotatable bonds is 7. The molecule has 2 aromatic heterocycles. The summed E-state index contributed by atoms with van der Waals surface area (Å²) >= 11 is 0. The number of aliphatic carboxylic acids is 1. The van der Waals surface area contributed by atoms with E-state index in [1.807, 2.05) is 30.3 Å². The van der Waals surface area contributed by atoms with Crippen LogP contribution in [0.25, 0.3) is 11.0 Å². The number of hydrogen-bond donors (Lipinski definition) is 1. The maximum absolute atomic E-state index is 13.5. The number of ketones is 1. The van der Waals surface area contributed by atoms with E-state index < -0.39 is 23.4 Å². The van der Waals surface area contributed by atoms with Crippen LogP contribution in [0.15, 0.2) is 65.6 Å². The molecule has 0 amide bonds. The highest BCUT2D eigenvalue weighted by Gasteiger charge is 2.34. The lowest BCUT2D eigenvalue weighted by molar-refractivity contribution is -0.146. The topological polar surface area (TPSA) is 108 Å². The van der Waals surface area contributed by atoms with Crippen LogP contribution in [-0.2, 0) is 24.4 Å². The van der Waals surface area contributed by atoms with Crippen LogP contribution in [0.2, 0.25) is 0 Å². The first-order valence-corrected chi connectivity index (χ1v) is 11.2. The second-order valence-corrected chi connectivity index (χ2v) is 8.51. The van der Waals surface area contributed by atoms with Crippen LogP contribution in [-0.4, -0.2) is 32.5 Å². The van der Waals surface area contributed by atoms with Gasteiger partial charge in [-0.1, -0.05) is 42.5 Å². The molecule has 1 N–H and O–H groups in total. The van der Waals surface area contributed by atoms with E-state index in [0.29, 0.717) is 5.56 Å². The molecule has 0 bridgehead atoms. The van der Waals surface area contributed by atoms with Gasteiger partial charge in [-0.25, -0.2) is 9.18 Å². The fraction of sp³-hybridized carbons (Fsp3) is 0.185. The summed E-state index contributed by atoms with van der Waals surface area (Å²) < 4.78 is 26.5. The molecule has 4 aromatic rings. The van der Waals surface area contributed by atoms with Gasteiger partial charge in [0.25, 0.3) is 5.56 Å². The van der Waals surface area contributed by atoms with Gasteiger partial charge in [0.05, 0.1) is 6.54 Å². The van der Waals surface area contributed by atoms with Crippen LogP contribution in [0, 0.1) is 5.82 Å². The van der Waals surface area contributed by atoms with Gasteiger partial charge in [0.2, 0.25) is 6.10 Å². The number of hydrogen-bond acceptors (Lipinski definition) is 6. The standard InChI is InChI=1S/C27H21FN2O6/c1-15(31)21-25(35-14-17-5-3-2-4-6-17)22-23-24(36-20(27(33)34)13-30(23)26(21)32)18(12-29-22)11-16-7-9-19(28)10-8-16/h2-10,12,20H,11,13-14H2,1H3,(H,33,34)/t20-/m1/s1. The predicted molar refractivity (Wildman–Crippen MR) is 128 cm³/mol. The molecule has 0 fully saturated rings. The number of pyridine rings is 2. The van der Waals surface area contributed by atoms with Gasteiger partial charge in [-0.2, -0.15) is 0 Å². The fourth-order valence-electron chi connectivity index (χ4n) is 4.30. The molecule has 0 aliphatic carbocycles. The first-order valence-electron chi connectivity index (χ1n) is 11.2. The Morgan fingerprint density at radius 2 is 1.86 bits per heavy atom. The lowest BCUT2D eigenvalue weighted by Crippen LogP contribution is -2.41. The first-order chi connectivity index (χ1) is 17.3. The quantitative estimate of drug-likeness (QED) is 0.395. The first kappa shape index (κ1) is 23.2. The van der Waals surface area contributed by atoms with Crippen molar-refractivity contribution < 1.29 is 28.6 Å². The second-order valence-electron chi connectivity index (χ2n) is 8.51. The van der Waals surface area contributed by atoms with E-state index in [0.717, 1.165) is 11.1 Å². The van der Waals surface area contributed by atoms with Gasteiger partial charge < -0.3 is 14.6 Å². The van der Waals surface area contributed by atoms with Gasteiger partial charge in [0.1, 0.15) is 29.0 Å². The Bertz CT molecular complexity index is 1550. The molecule has 0 saturated carbocycles. The molecular formula is C27H21FN2O6. The number of benzene rings is 2. The molecule has 9 heteroatoms. The predicted octanol–water partition coefficient (Wildman–Crippen LogP) is 3.75. The van der Waals surface area contributed by atoms with Crippen molar-refractivity contribution in [3.63, 3.8) is 0 Å². The number of carboxylic acid groups (broad SMARTS) is 1. The number of carbonyl (C=O) groups excluding carboxylic acids is 1. The highest BCUT2D eigenvalue weighted by atomic mass is 19.1. The molecule has 0 spiro atoms. The van der Waals surface area contributed by atoms with Gasteiger partial charge in [-0.05, 0) is 30.2 Å². The smallest absolute Gasteiger partial charge is 0.346 e. The zero-order valence-electron chi connectivity index (χ0n) is 19.2. The minimum atomic E-state index is -1.34. The molecule has 3 heterocycles. The SMILES string of the molecule is CC(=O)c1c(OCc2ccccc2)c2ncc(Cc3ccc(F)cc3)c3c2n(c1=O)C[C@H](C(=O)O)O3. The molecule has 36 heavy (non-hydrogen) atoms. The molecule has 1 atom stereocenters. The Kier molecular flexibility index (Phi) is 5.97. The molecular weight excluding hydrogens is 467 g/mol. The maximum atomic E-state index is 13.5. The molecule has 0 saturated heterocycles. The highest BCUT2D eigenvalue weighted by molar-refractivity contribution is 6.03. The van der Waals surface area contributed by atoms with Crippen molar-refractivity contribution in [2.75, 3.05) is 0 Å². The van der Waals surface area contributed by atoms with E-state index in [1.165, 1.54) is 29.8 Å². The molecule has 1 aliphatic heterocycles. The molecule has 0 unspecified atom stereocenters. The van der Waals surface area contributed by atoms with Crippen molar-refractivity contribution in [2.45, 2.75) is 32.6 Å². The van der Waals surface area contributed by atoms with E-state index in [1.54, 1.807) is 12.1 Å². The second kappa shape index (κ2) is 9.26. The van der Waals surface area contributed by atoms with Gasteiger partial charge in [-0.15, -0.1) is 0 Å². The van der Waals surface area contributed by atoms with Crippen LogP contribution in [0.4, 0.5) is 4.39 Å². The number of nitrogens with zero attached hydrogens (tertiary/aromatic N) is 2. The summed E-state index contributed by atoms with van der Waals surface area (Å²) in [5.41, 5.74) is 1.68. The van der Waals surface area contributed by atoms with Crippen LogP contribution >= 0.6 is 0 Å². The summed E-state index contributed by atoms with van der Waals surface area (Å²) in [5.74, 6) is -1.97. The molecule has 0 radical (unpaired) electrons. The van der Waals surface area contributed by atoms with Crippen LogP contribution < -0.4 is 15.0 Å². The summed E-state index contributed by atoms with van der Waals surface area (Å²) in [7, 11) is 0. The number of aromatic nitrogens is 2. The Hall–Kier alpha value is -4.53. The Morgan fingerprint density at radius 3 is 2.53 bits per heavy atom. The van der Waals surface area contributed by atoms with Gasteiger partial charge in [0.15, 0.2) is 17.3 Å². The van der Waals surface area contributed by atoms with Crippen molar-refractivity contribution in [1.29, 1.82) is 0 Å². The molecule has 1 aliphatic rings. The number of carboxylic acids is 1. The third-order valence-corrected chi connectivity index (χ3v) is 6.02. The Balaban J connectivity index is 1.71. The fourth-order valence-corrected chi connectivity index (χ4v) is 4.30. The van der Waals surface area contributed by atoms with E-state index in [4.69, 9.17) is 9.47 Å². The third-order valence-electron chi connectivity index (χ3n) is 6.02. The monoisotopic (exact) mass is 488 g/mol. The molecule has 182 valence electrons. The van der Waals surface area contributed by atoms with Crippen molar-refractivity contribution in [3.8, 4) is 11.5 Å². The number of carbonyl (C=O) groups is 2. The van der Waals surface area contributed by atoms with Crippen LogP contribution in [0.5, 0.6) is 11.5 Å². The van der Waals surface area contributed by atoms with E-state index in [2.05, 4.69) is 4.98 Å². The van der Waals surface area contributed by atoms with Gasteiger partial charge in [-0.3, -0.25) is 19.1 Å². The zero-order chi connectivity index (χ0) is 25.4. The summed E-state index contributed by atoms with van der Waals surface area (Å²) in [6, 6.07) is 15.1. The number of Topliss-reactive ketones (excluding diaryl/α,β-unsaturated/α-hetero) is 1. The number of ether oxygens (including phenoxy) is 2. The highest BCUT2D eigenvalue weighted by Crippen LogP contribution is 2.38. The van der Waals surface area contributed by atoms with Crippen molar-refractivity contribution >= 4 is 22.8 Å². The molecule has 2 aromatic carbocycles. The van der Waals surface area contributed by atoms with Crippen molar-refractivity contribution in [3.05, 3.63) is 99.2 Å². The largest absolute Gasteiger partial charge is 0.486 e. The van der Waals surface area contributed by atoms with Crippen LogP contribution in [0.1, 0.15) is 34.0 Å². The minimum absolute atomic E-state index is 0.0227. The van der Waals surface area contributed by atoms with Gasteiger partial charge in [0, 0.05) is 18.2 Å². The zero-order valence-corrected chi connectivity index (χ0v) is 19.2. The minimum Gasteiger partial charge on any atom is -0.486 e. The lowest BCUT2D eigenvalue weighted by Gasteiger charge is -2.28. The normalized spacial score (nSPS) is 14.3. The van der Waals surface area contributed by atoms with E-state index >= 15 is 0 Å². The maximum Gasteiger partial charge on any atom is 0.346 e. The summed E-state index contributed by atoms with van der Waals surface area (Å²) in [4.78, 5) is 42.4. The average Bonchev–Trinajstić information content (AvgIpc) is 2.87. The summed E-state index contributed by atoms with van der Waals surface area (Å²) in [6.07, 6.45) is 0.413. The van der Waals surface area contributed by atoms with E-state index in [-0.39, 0.29) is 53.5 Å². The molecule has 5 rings (SSSR count). The summed E-state index contributed by atoms with van der Waals surface area (Å²) in [5, 5.41) is 9.68. The lowest BCUT2D eigenvalue weighted by atomic mass is 10.0. The van der Waals surface area contributed by atoms with E-state index in [9.17, 15) is 23.9 Å². The third kappa shape index (κ3) is 4.19. The molecule has 8 nitrogen and oxygen atoms in total. The van der Waals surface area contributed by atoms with Crippen LogP contribution in [0.3, 0.4) is 0 Å². The van der Waals surface area contributed by atoms with Crippen molar-refractivity contribution in [2.24, 2.45) is 0 Å². The number of halogens is 1. The van der Waals surface area contributed by atoms with Gasteiger partial charge >= 0.3 is 5.97 Å². The average molecular weight is 488 g/mol. The Labute approximate surface area is 204 Å². The van der Waals surface area contributed by atoms with Crippen molar-refractivity contribution in [1.82, 2.24) is 9.55 Å². The summed E-state index contributed by atoms with van der Waals surface area (Å²) in [6.45, 7) is 1.05.